The molecule has 2 aromatic rings. The Morgan fingerprint density at radius 1 is 1.44 bits per heavy atom. The van der Waals surface area contributed by atoms with Gasteiger partial charge in [0.25, 0.3) is 0 Å². The van der Waals surface area contributed by atoms with Crippen molar-refractivity contribution in [3.8, 4) is 11.1 Å². The number of aromatic amines is 1. The second-order valence-electron chi connectivity index (χ2n) is 3.98. The fraction of sp³-hybridized carbons (Fsp3) is 0.231. The Bertz CT molecular complexity index is 578. The summed E-state index contributed by atoms with van der Waals surface area (Å²) in [5.74, 6) is 0. The standard InChI is InChI=1S/C13H13ClN2O2/c1-8-11(3-10(6-17)16-8)12-4-13(14)15-5-9(12)7-18-2/h3-6,16H,7H2,1-2H3. The first kappa shape index (κ1) is 12.8. The van der Waals surface area contributed by atoms with Crippen molar-refractivity contribution in [2.45, 2.75) is 13.5 Å². The number of pyridine rings is 1. The molecule has 0 spiro atoms. The third-order valence-corrected chi connectivity index (χ3v) is 2.91. The van der Waals surface area contributed by atoms with Gasteiger partial charge in [0.2, 0.25) is 0 Å². The van der Waals surface area contributed by atoms with E-state index in [4.69, 9.17) is 16.3 Å². The lowest BCUT2D eigenvalue weighted by Crippen LogP contribution is -1.94. The zero-order valence-corrected chi connectivity index (χ0v) is 10.9. The van der Waals surface area contributed by atoms with E-state index in [1.165, 1.54) is 0 Å². The van der Waals surface area contributed by atoms with Crippen molar-refractivity contribution in [2.75, 3.05) is 7.11 Å². The minimum Gasteiger partial charge on any atom is -0.380 e. The van der Waals surface area contributed by atoms with Crippen molar-refractivity contribution < 1.29 is 9.53 Å². The van der Waals surface area contributed by atoms with Gasteiger partial charge in [-0.15, -0.1) is 0 Å². The molecular weight excluding hydrogens is 252 g/mol. The molecule has 1 N–H and O–H groups in total. The van der Waals surface area contributed by atoms with Crippen molar-refractivity contribution >= 4 is 17.9 Å². The number of rotatable bonds is 4. The Morgan fingerprint density at radius 3 is 2.83 bits per heavy atom. The quantitative estimate of drug-likeness (QED) is 0.682. The van der Waals surface area contributed by atoms with Crippen LogP contribution < -0.4 is 0 Å². The van der Waals surface area contributed by atoms with Crippen LogP contribution in [0.2, 0.25) is 5.15 Å². The van der Waals surface area contributed by atoms with Crippen LogP contribution in [0.1, 0.15) is 21.7 Å². The SMILES string of the molecule is COCc1cnc(Cl)cc1-c1cc(C=O)[nH]c1C. The van der Waals surface area contributed by atoms with Gasteiger partial charge < -0.3 is 9.72 Å². The number of aromatic nitrogens is 2. The highest BCUT2D eigenvalue weighted by molar-refractivity contribution is 6.29. The molecule has 18 heavy (non-hydrogen) atoms. The molecule has 0 aliphatic heterocycles. The number of nitrogens with zero attached hydrogens (tertiary/aromatic N) is 1. The number of H-pyrrole nitrogens is 1. The number of carbonyl (C=O) groups excluding carboxylic acids is 1. The van der Waals surface area contributed by atoms with Crippen molar-refractivity contribution in [3.63, 3.8) is 0 Å². The van der Waals surface area contributed by atoms with Crippen LogP contribution in [-0.4, -0.2) is 23.4 Å². The lowest BCUT2D eigenvalue weighted by atomic mass is 10.0. The van der Waals surface area contributed by atoms with Gasteiger partial charge in [-0.25, -0.2) is 4.98 Å². The molecule has 0 unspecified atom stereocenters. The van der Waals surface area contributed by atoms with E-state index in [2.05, 4.69) is 9.97 Å². The summed E-state index contributed by atoms with van der Waals surface area (Å²) in [7, 11) is 1.62. The number of hydrogen-bond acceptors (Lipinski definition) is 3. The van der Waals surface area contributed by atoms with Gasteiger partial charge in [-0.3, -0.25) is 4.79 Å². The fourth-order valence-electron chi connectivity index (χ4n) is 1.91. The molecule has 0 fully saturated rings. The van der Waals surface area contributed by atoms with E-state index in [1.54, 1.807) is 25.4 Å². The smallest absolute Gasteiger partial charge is 0.166 e. The molecule has 2 heterocycles. The van der Waals surface area contributed by atoms with E-state index >= 15 is 0 Å². The van der Waals surface area contributed by atoms with E-state index in [0.717, 1.165) is 28.7 Å². The minimum absolute atomic E-state index is 0.415. The van der Waals surface area contributed by atoms with Crippen LogP contribution in [0.25, 0.3) is 11.1 Å². The van der Waals surface area contributed by atoms with Crippen LogP contribution in [0.3, 0.4) is 0 Å². The summed E-state index contributed by atoms with van der Waals surface area (Å²) in [6.45, 7) is 2.35. The molecule has 0 bridgehead atoms. The highest BCUT2D eigenvalue weighted by atomic mass is 35.5. The number of halogens is 1. The predicted octanol–water partition coefficient (Wildman–Crippen LogP) is 3.00. The number of ether oxygens (including phenoxy) is 1. The molecule has 5 heteroatoms. The third-order valence-electron chi connectivity index (χ3n) is 2.71. The van der Waals surface area contributed by atoms with Crippen molar-refractivity contribution in [1.29, 1.82) is 0 Å². The van der Waals surface area contributed by atoms with Crippen LogP contribution in [0.15, 0.2) is 18.3 Å². The van der Waals surface area contributed by atoms with E-state index < -0.39 is 0 Å². The second-order valence-corrected chi connectivity index (χ2v) is 4.37. The Morgan fingerprint density at radius 2 is 2.22 bits per heavy atom. The van der Waals surface area contributed by atoms with Crippen LogP contribution >= 0.6 is 11.6 Å². The molecule has 4 nitrogen and oxygen atoms in total. The second kappa shape index (κ2) is 5.33. The molecule has 0 amide bonds. The maximum absolute atomic E-state index is 10.8. The summed E-state index contributed by atoms with van der Waals surface area (Å²) in [4.78, 5) is 17.8. The van der Waals surface area contributed by atoms with E-state index in [0.29, 0.717) is 17.5 Å². The summed E-state index contributed by atoms with van der Waals surface area (Å²) < 4.78 is 5.14. The monoisotopic (exact) mass is 264 g/mol. The summed E-state index contributed by atoms with van der Waals surface area (Å²) in [6.07, 6.45) is 2.48. The average molecular weight is 265 g/mol. The first-order valence-corrected chi connectivity index (χ1v) is 5.82. The zero-order valence-electron chi connectivity index (χ0n) is 10.2. The average Bonchev–Trinajstić information content (AvgIpc) is 2.73. The van der Waals surface area contributed by atoms with Gasteiger partial charge in [0.15, 0.2) is 6.29 Å². The molecule has 0 radical (unpaired) electrons. The molecule has 0 atom stereocenters. The van der Waals surface area contributed by atoms with Gasteiger partial charge in [0, 0.05) is 30.1 Å². The first-order valence-electron chi connectivity index (χ1n) is 5.44. The van der Waals surface area contributed by atoms with Crippen molar-refractivity contribution in [1.82, 2.24) is 9.97 Å². The first-order chi connectivity index (χ1) is 8.65. The number of hydrogen-bond donors (Lipinski definition) is 1. The Hall–Kier alpha value is -1.65. The largest absolute Gasteiger partial charge is 0.380 e. The van der Waals surface area contributed by atoms with E-state index in [9.17, 15) is 4.79 Å². The highest BCUT2D eigenvalue weighted by Gasteiger charge is 2.12. The molecule has 0 saturated carbocycles. The van der Waals surface area contributed by atoms with Gasteiger partial charge in [-0.1, -0.05) is 11.6 Å². The summed E-state index contributed by atoms with van der Waals surface area (Å²) in [5, 5.41) is 0.415. The zero-order chi connectivity index (χ0) is 13.1. The summed E-state index contributed by atoms with van der Waals surface area (Å²) in [6, 6.07) is 3.58. The van der Waals surface area contributed by atoms with E-state index in [-0.39, 0.29) is 0 Å². The van der Waals surface area contributed by atoms with Gasteiger partial charge in [0.1, 0.15) is 5.15 Å². The Labute approximate surface area is 110 Å². The molecule has 0 aromatic carbocycles. The van der Waals surface area contributed by atoms with Crippen LogP contribution in [0, 0.1) is 6.92 Å². The van der Waals surface area contributed by atoms with Crippen molar-refractivity contribution in [2.24, 2.45) is 0 Å². The lowest BCUT2D eigenvalue weighted by molar-refractivity contribution is 0.111. The minimum atomic E-state index is 0.415. The molecule has 0 aliphatic carbocycles. The number of nitrogens with one attached hydrogen (secondary N) is 1. The maximum atomic E-state index is 10.8. The maximum Gasteiger partial charge on any atom is 0.166 e. The molecule has 0 saturated heterocycles. The predicted molar refractivity (Wildman–Crippen MR) is 69.9 cm³/mol. The van der Waals surface area contributed by atoms with Crippen LogP contribution in [0.4, 0.5) is 0 Å². The van der Waals surface area contributed by atoms with E-state index in [1.807, 2.05) is 6.92 Å². The lowest BCUT2D eigenvalue weighted by Gasteiger charge is -2.08. The summed E-state index contributed by atoms with van der Waals surface area (Å²) >= 11 is 5.93. The van der Waals surface area contributed by atoms with Crippen LogP contribution in [0.5, 0.6) is 0 Å². The Kier molecular flexibility index (Phi) is 3.79. The summed E-state index contributed by atoms with van der Waals surface area (Å²) in [5.41, 5.74) is 4.25. The van der Waals surface area contributed by atoms with Gasteiger partial charge in [-0.05, 0) is 24.6 Å². The number of aryl methyl sites for hydroxylation is 1. The fourth-order valence-corrected chi connectivity index (χ4v) is 2.06. The Balaban J connectivity index is 2.56. The highest BCUT2D eigenvalue weighted by Crippen LogP contribution is 2.29. The molecule has 0 aliphatic rings. The number of aldehydes is 1. The number of carbonyl (C=O) groups is 1. The van der Waals surface area contributed by atoms with Crippen LogP contribution in [-0.2, 0) is 11.3 Å². The molecule has 2 rings (SSSR count). The van der Waals surface area contributed by atoms with Gasteiger partial charge in [0.05, 0.1) is 12.3 Å². The normalized spacial score (nSPS) is 10.6. The molecule has 2 aromatic heterocycles. The van der Waals surface area contributed by atoms with Crippen molar-refractivity contribution in [3.05, 3.63) is 40.4 Å². The molecule has 94 valence electrons. The third kappa shape index (κ3) is 2.44. The van der Waals surface area contributed by atoms with Gasteiger partial charge in [-0.2, -0.15) is 0 Å². The topological polar surface area (TPSA) is 55.0 Å². The molecular formula is C13H13ClN2O2. The van der Waals surface area contributed by atoms with Gasteiger partial charge >= 0.3 is 0 Å². The number of methoxy groups -OCH3 is 1.